The molecule has 0 aromatic carbocycles. The second-order valence-electron chi connectivity index (χ2n) is 6.12. The van der Waals surface area contributed by atoms with Gasteiger partial charge in [0.15, 0.2) is 0 Å². The smallest absolute Gasteiger partial charge is 0.0718 e. The van der Waals surface area contributed by atoms with Gasteiger partial charge in [-0.15, -0.1) is 0 Å². The van der Waals surface area contributed by atoms with Crippen molar-refractivity contribution in [3.05, 3.63) is 17.0 Å². The number of aryl methyl sites for hydroxylation is 1. The summed E-state index contributed by atoms with van der Waals surface area (Å²) in [4.78, 5) is 0. The zero-order valence-corrected chi connectivity index (χ0v) is 12.3. The second-order valence-corrected chi connectivity index (χ2v) is 6.12. The Morgan fingerprint density at radius 3 is 2.12 bits per heavy atom. The lowest BCUT2D eigenvalue weighted by Gasteiger charge is -2.34. The highest BCUT2D eigenvalue weighted by Crippen LogP contribution is 2.34. The third-order valence-corrected chi connectivity index (χ3v) is 3.48. The van der Waals surface area contributed by atoms with E-state index in [0.717, 1.165) is 12.1 Å². The Morgan fingerprint density at radius 1 is 1.29 bits per heavy atom. The van der Waals surface area contributed by atoms with E-state index in [1.165, 1.54) is 11.3 Å². The molecular weight excluding hydrogens is 210 g/mol. The Hall–Kier alpha value is -0.830. The van der Waals surface area contributed by atoms with Crippen LogP contribution >= 0.6 is 0 Å². The summed E-state index contributed by atoms with van der Waals surface area (Å²) < 4.78 is 2.14. The Labute approximate surface area is 105 Å². The maximum absolute atomic E-state index is 6.16. The van der Waals surface area contributed by atoms with Crippen LogP contribution in [-0.4, -0.2) is 15.8 Å². The van der Waals surface area contributed by atoms with Crippen molar-refractivity contribution < 1.29 is 0 Å². The van der Waals surface area contributed by atoms with Crippen molar-refractivity contribution >= 4 is 0 Å². The van der Waals surface area contributed by atoms with Crippen molar-refractivity contribution in [2.75, 3.05) is 0 Å². The highest BCUT2D eigenvalue weighted by Gasteiger charge is 2.32. The molecule has 2 atom stereocenters. The molecule has 0 radical (unpaired) electrons. The summed E-state index contributed by atoms with van der Waals surface area (Å²) in [6.45, 7) is 15.2. The van der Waals surface area contributed by atoms with Gasteiger partial charge in [0.1, 0.15) is 0 Å². The van der Waals surface area contributed by atoms with Crippen LogP contribution in [0.5, 0.6) is 0 Å². The zero-order valence-electron chi connectivity index (χ0n) is 12.3. The van der Waals surface area contributed by atoms with Gasteiger partial charge in [0.2, 0.25) is 0 Å². The van der Waals surface area contributed by atoms with Crippen molar-refractivity contribution in [3.8, 4) is 0 Å². The number of hydrogen-bond acceptors (Lipinski definition) is 2. The number of aromatic nitrogens is 2. The van der Waals surface area contributed by atoms with E-state index >= 15 is 0 Å². The van der Waals surface area contributed by atoms with Gasteiger partial charge < -0.3 is 5.73 Å². The van der Waals surface area contributed by atoms with Crippen LogP contribution in [-0.2, 0) is 6.42 Å². The molecule has 0 aliphatic heterocycles. The third kappa shape index (κ3) is 2.71. The summed E-state index contributed by atoms with van der Waals surface area (Å²) in [5, 5.41) is 4.71. The van der Waals surface area contributed by atoms with Gasteiger partial charge in [-0.2, -0.15) is 5.10 Å². The Bertz CT molecular complexity index is 383. The first-order chi connectivity index (χ1) is 7.70. The average Bonchev–Trinajstić information content (AvgIpc) is 2.39. The summed E-state index contributed by atoms with van der Waals surface area (Å²) in [5.41, 5.74) is 10.0. The molecule has 1 aromatic heterocycles. The molecule has 0 bridgehead atoms. The van der Waals surface area contributed by atoms with Gasteiger partial charge in [-0.05, 0) is 38.2 Å². The molecule has 1 aromatic rings. The molecule has 0 saturated carbocycles. The van der Waals surface area contributed by atoms with Crippen LogP contribution in [0.3, 0.4) is 0 Å². The highest BCUT2D eigenvalue weighted by atomic mass is 15.3. The first-order valence-electron chi connectivity index (χ1n) is 6.50. The normalized spacial score (nSPS) is 16.0. The molecule has 3 heteroatoms. The summed E-state index contributed by atoms with van der Waals surface area (Å²) in [6.07, 6.45) is 1.04. The van der Waals surface area contributed by atoms with Crippen molar-refractivity contribution in [1.82, 2.24) is 9.78 Å². The maximum atomic E-state index is 6.16. The molecule has 1 rings (SSSR count). The number of nitrogens with two attached hydrogens (primary N) is 1. The molecule has 0 aliphatic rings. The average molecular weight is 237 g/mol. The highest BCUT2D eigenvalue weighted by molar-refractivity contribution is 5.25. The largest absolute Gasteiger partial charge is 0.326 e. The van der Waals surface area contributed by atoms with Crippen LogP contribution in [0, 0.1) is 19.3 Å². The minimum Gasteiger partial charge on any atom is -0.326 e. The first-order valence-corrected chi connectivity index (χ1v) is 6.50. The number of hydrogen-bond donors (Lipinski definition) is 1. The number of nitrogens with zero attached hydrogens (tertiary/aromatic N) is 2. The SMILES string of the molecule is CCc1c(C)nn(C(C(C)N)C(C)(C)C)c1C. The fourth-order valence-corrected chi connectivity index (χ4v) is 2.86. The predicted molar refractivity (Wildman–Crippen MR) is 73.2 cm³/mol. The van der Waals surface area contributed by atoms with E-state index in [9.17, 15) is 0 Å². The minimum absolute atomic E-state index is 0.0951. The Balaban J connectivity index is 3.30. The lowest BCUT2D eigenvalue weighted by Crippen LogP contribution is -2.39. The van der Waals surface area contributed by atoms with E-state index in [0.29, 0.717) is 0 Å². The van der Waals surface area contributed by atoms with Gasteiger partial charge in [0.25, 0.3) is 0 Å². The van der Waals surface area contributed by atoms with Crippen molar-refractivity contribution in [2.45, 2.75) is 67.0 Å². The van der Waals surface area contributed by atoms with Crippen molar-refractivity contribution in [1.29, 1.82) is 0 Å². The van der Waals surface area contributed by atoms with Crippen LogP contribution in [0.2, 0.25) is 0 Å². The fourth-order valence-electron chi connectivity index (χ4n) is 2.86. The molecule has 0 saturated heterocycles. The molecular formula is C14H27N3. The van der Waals surface area contributed by atoms with Crippen LogP contribution in [0.15, 0.2) is 0 Å². The molecule has 98 valence electrons. The Kier molecular flexibility index (Phi) is 4.03. The van der Waals surface area contributed by atoms with Crippen LogP contribution < -0.4 is 5.73 Å². The topological polar surface area (TPSA) is 43.8 Å². The van der Waals surface area contributed by atoms with Gasteiger partial charge in [-0.1, -0.05) is 27.7 Å². The second kappa shape index (κ2) is 4.81. The lowest BCUT2D eigenvalue weighted by molar-refractivity contribution is 0.193. The van der Waals surface area contributed by atoms with Gasteiger partial charge >= 0.3 is 0 Å². The van der Waals surface area contributed by atoms with E-state index in [1.807, 2.05) is 0 Å². The lowest BCUT2D eigenvalue weighted by atomic mass is 9.83. The van der Waals surface area contributed by atoms with Gasteiger partial charge in [-0.25, -0.2) is 0 Å². The summed E-state index contributed by atoms with van der Waals surface area (Å²) >= 11 is 0. The first kappa shape index (κ1) is 14.2. The van der Waals surface area contributed by atoms with Crippen LogP contribution in [0.4, 0.5) is 0 Å². The van der Waals surface area contributed by atoms with Crippen LogP contribution in [0.1, 0.15) is 57.6 Å². The molecule has 3 nitrogen and oxygen atoms in total. The molecule has 0 aliphatic carbocycles. The zero-order chi connectivity index (χ0) is 13.4. The van der Waals surface area contributed by atoms with Gasteiger partial charge in [0, 0.05) is 11.7 Å². The van der Waals surface area contributed by atoms with Gasteiger partial charge in [0.05, 0.1) is 11.7 Å². The van der Waals surface area contributed by atoms with Gasteiger partial charge in [-0.3, -0.25) is 4.68 Å². The fraction of sp³-hybridized carbons (Fsp3) is 0.786. The van der Waals surface area contributed by atoms with E-state index in [2.05, 4.69) is 53.1 Å². The van der Waals surface area contributed by atoms with E-state index < -0.39 is 0 Å². The van der Waals surface area contributed by atoms with E-state index in [1.54, 1.807) is 0 Å². The summed E-state index contributed by atoms with van der Waals surface area (Å²) in [7, 11) is 0. The molecule has 2 unspecified atom stereocenters. The molecule has 1 heterocycles. The van der Waals surface area contributed by atoms with Crippen molar-refractivity contribution in [2.24, 2.45) is 11.1 Å². The monoisotopic (exact) mass is 237 g/mol. The summed E-state index contributed by atoms with van der Waals surface area (Å²) in [5.74, 6) is 0. The standard InChI is InChI=1S/C14H27N3/c1-8-12-10(3)16-17(11(12)4)13(9(2)15)14(5,6)7/h9,13H,8,15H2,1-7H3. The molecule has 2 N–H and O–H groups in total. The maximum Gasteiger partial charge on any atom is 0.0718 e. The van der Waals surface area contributed by atoms with E-state index in [-0.39, 0.29) is 17.5 Å². The minimum atomic E-state index is 0.0951. The molecule has 17 heavy (non-hydrogen) atoms. The van der Waals surface area contributed by atoms with Crippen molar-refractivity contribution in [3.63, 3.8) is 0 Å². The predicted octanol–water partition coefficient (Wildman–Crippen LogP) is 3.00. The Morgan fingerprint density at radius 2 is 1.82 bits per heavy atom. The molecule has 0 fully saturated rings. The van der Waals surface area contributed by atoms with Crippen LogP contribution in [0.25, 0.3) is 0 Å². The summed E-state index contributed by atoms with van der Waals surface area (Å²) in [6, 6.07) is 0.333. The van der Waals surface area contributed by atoms with E-state index in [4.69, 9.17) is 10.8 Å². The quantitative estimate of drug-likeness (QED) is 0.878. The molecule has 0 amide bonds. The number of rotatable bonds is 3. The molecule has 0 spiro atoms. The third-order valence-electron chi connectivity index (χ3n) is 3.48.